The normalized spacial score (nSPS) is 10.7. The molecule has 0 aliphatic carbocycles. The Morgan fingerprint density at radius 2 is 1.29 bits per heavy atom. The number of ether oxygens (including phenoxy) is 3. The van der Waals surface area contributed by atoms with Gasteiger partial charge in [-0.3, -0.25) is 9.59 Å². The largest absolute Gasteiger partial charge is 0.377 e. The zero-order valence-electron chi connectivity index (χ0n) is 17.3. The summed E-state index contributed by atoms with van der Waals surface area (Å²) in [6, 6.07) is 6.07. The molecule has 0 bridgehead atoms. The third kappa shape index (κ3) is 8.58. The summed E-state index contributed by atoms with van der Waals surface area (Å²) >= 11 is 0. The molecule has 2 aromatic rings. The van der Waals surface area contributed by atoms with Crippen LogP contribution in [-0.2, 0) is 19.0 Å². The van der Waals surface area contributed by atoms with E-state index in [0.29, 0.717) is 64.0 Å². The Balaban J connectivity index is 1.52. The van der Waals surface area contributed by atoms with Crippen LogP contribution in [0.15, 0.2) is 33.9 Å². The standard InChI is InChI=1S/C19H27N5O7/c1-14(25)20-6-8-29-10-12-31-13-11-30-9-7-21-17(26)15-2-4-16(5-3-15)24-18(27)22-23-19(24)28/h2-5H,6-13H2,1H3,(H,20,25)(H,21,26)(H,22,27)(H,23,28). The molecule has 2 amide bonds. The predicted molar refractivity (Wildman–Crippen MR) is 110 cm³/mol. The van der Waals surface area contributed by atoms with E-state index in [4.69, 9.17) is 14.2 Å². The fraction of sp³-hybridized carbons (Fsp3) is 0.474. The highest BCUT2D eigenvalue weighted by atomic mass is 16.5. The van der Waals surface area contributed by atoms with Gasteiger partial charge >= 0.3 is 11.4 Å². The van der Waals surface area contributed by atoms with E-state index in [0.717, 1.165) is 4.57 Å². The monoisotopic (exact) mass is 437 g/mol. The van der Waals surface area contributed by atoms with Gasteiger partial charge in [0.2, 0.25) is 5.91 Å². The number of carbonyl (C=O) groups excluding carboxylic acids is 2. The van der Waals surface area contributed by atoms with E-state index in [2.05, 4.69) is 20.8 Å². The molecule has 0 spiro atoms. The molecule has 1 aromatic carbocycles. The van der Waals surface area contributed by atoms with E-state index in [9.17, 15) is 19.2 Å². The number of amides is 2. The zero-order chi connectivity index (χ0) is 22.5. The van der Waals surface area contributed by atoms with E-state index in [-0.39, 0.29) is 11.8 Å². The lowest BCUT2D eigenvalue weighted by atomic mass is 10.2. The Bertz CT molecular complexity index is 905. The number of hydrogen-bond donors (Lipinski definition) is 4. The molecule has 0 unspecified atom stereocenters. The second-order valence-electron chi connectivity index (χ2n) is 6.32. The maximum absolute atomic E-state index is 12.1. The van der Waals surface area contributed by atoms with Gasteiger partial charge in [0.05, 0.1) is 45.3 Å². The number of carbonyl (C=O) groups is 2. The van der Waals surface area contributed by atoms with Crippen LogP contribution in [-0.4, -0.2) is 79.3 Å². The fourth-order valence-electron chi connectivity index (χ4n) is 2.49. The van der Waals surface area contributed by atoms with Crippen LogP contribution in [0.25, 0.3) is 5.69 Å². The van der Waals surface area contributed by atoms with Crippen molar-refractivity contribution in [2.45, 2.75) is 6.92 Å². The molecular weight excluding hydrogens is 410 g/mol. The molecule has 0 aliphatic rings. The van der Waals surface area contributed by atoms with Crippen LogP contribution in [0.1, 0.15) is 17.3 Å². The third-order valence-electron chi connectivity index (χ3n) is 3.97. The highest BCUT2D eigenvalue weighted by molar-refractivity contribution is 5.94. The van der Waals surface area contributed by atoms with Crippen LogP contribution in [0.2, 0.25) is 0 Å². The molecule has 0 fully saturated rings. The first kappa shape index (κ1) is 24.1. The molecule has 2 rings (SSSR count). The second-order valence-corrected chi connectivity index (χ2v) is 6.32. The van der Waals surface area contributed by atoms with Crippen molar-refractivity contribution in [3.05, 3.63) is 50.8 Å². The van der Waals surface area contributed by atoms with Crippen molar-refractivity contribution in [1.29, 1.82) is 0 Å². The van der Waals surface area contributed by atoms with E-state index < -0.39 is 11.4 Å². The molecule has 0 aliphatic heterocycles. The van der Waals surface area contributed by atoms with Gasteiger partial charge in [-0.05, 0) is 24.3 Å². The average Bonchev–Trinajstić information content (AvgIpc) is 3.09. The van der Waals surface area contributed by atoms with Gasteiger partial charge in [-0.15, -0.1) is 0 Å². The van der Waals surface area contributed by atoms with Gasteiger partial charge in [-0.2, -0.15) is 0 Å². The lowest BCUT2D eigenvalue weighted by molar-refractivity contribution is -0.119. The summed E-state index contributed by atoms with van der Waals surface area (Å²) in [5.41, 5.74) is -0.424. The number of aromatic amines is 2. The van der Waals surface area contributed by atoms with Crippen molar-refractivity contribution < 1.29 is 23.8 Å². The molecular formula is C19H27N5O7. The summed E-state index contributed by atoms with van der Waals surface area (Å²) in [6.45, 7) is 4.66. The van der Waals surface area contributed by atoms with Crippen molar-refractivity contribution in [2.24, 2.45) is 0 Å². The van der Waals surface area contributed by atoms with Crippen LogP contribution in [0.4, 0.5) is 0 Å². The fourth-order valence-corrected chi connectivity index (χ4v) is 2.49. The number of rotatable bonds is 14. The summed E-state index contributed by atoms with van der Waals surface area (Å²) in [5, 5.41) is 9.73. The first-order valence-electron chi connectivity index (χ1n) is 9.75. The van der Waals surface area contributed by atoms with Crippen molar-refractivity contribution >= 4 is 11.8 Å². The number of aromatic nitrogens is 3. The van der Waals surface area contributed by atoms with Gasteiger partial charge in [0.1, 0.15) is 0 Å². The SMILES string of the molecule is CC(=O)NCCOCCOCCOCCNC(=O)c1ccc(-n2c(=O)[nH][nH]c2=O)cc1. The van der Waals surface area contributed by atoms with Crippen LogP contribution in [0, 0.1) is 0 Å². The van der Waals surface area contributed by atoms with Crippen molar-refractivity contribution in [3.63, 3.8) is 0 Å². The van der Waals surface area contributed by atoms with Gasteiger partial charge < -0.3 is 24.8 Å². The Morgan fingerprint density at radius 3 is 1.81 bits per heavy atom. The lowest BCUT2D eigenvalue weighted by Gasteiger charge is -2.08. The number of nitrogens with one attached hydrogen (secondary N) is 4. The molecule has 0 atom stereocenters. The van der Waals surface area contributed by atoms with Crippen molar-refractivity contribution in [1.82, 2.24) is 25.4 Å². The molecule has 1 aromatic heterocycles. The van der Waals surface area contributed by atoms with E-state index >= 15 is 0 Å². The van der Waals surface area contributed by atoms with Gasteiger partial charge in [0, 0.05) is 25.6 Å². The Labute approximate surface area is 177 Å². The number of hydrogen-bond acceptors (Lipinski definition) is 7. The van der Waals surface area contributed by atoms with Gasteiger partial charge in [-0.25, -0.2) is 24.4 Å². The lowest BCUT2D eigenvalue weighted by Crippen LogP contribution is -2.28. The minimum atomic E-state index is -0.585. The molecule has 0 radical (unpaired) electrons. The highest BCUT2D eigenvalue weighted by Crippen LogP contribution is 2.06. The molecule has 4 N–H and O–H groups in total. The Hall–Kier alpha value is -3.22. The predicted octanol–water partition coefficient (Wildman–Crippen LogP) is -1.23. The van der Waals surface area contributed by atoms with Crippen LogP contribution < -0.4 is 22.0 Å². The molecule has 1 heterocycles. The molecule has 12 heteroatoms. The highest BCUT2D eigenvalue weighted by Gasteiger charge is 2.08. The number of H-pyrrole nitrogens is 2. The number of nitrogens with zero attached hydrogens (tertiary/aromatic N) is 1. The maximum atomic E-state index is 12.1. The minimum Gasteiger partial charge on any atom is -0.377 e. The van der Waals surface area contributed by atoms with Gasteiger partial charge in [0.15, 0.2) is 0 Å². The van der Waals surface area contributed by atoms with Crippen molar-refractivity contribution in [3.8, 4) is 5.69 Å². The Morgan fingerprint density at radius 1 is 0.806 bits per heavy atom. The van der Waals surface area contributed by atoms with Crippen molar-refractivity contribution in [2.75, 3.05) is 52.7 Å². The van der Waals surface area contributed by atoms with Gasteiger partial charge in [-0.1, -0.05) is 0 Å². The molecule has 170 valence electrons. The first-order chi connectivity index (χ1) is 15.0. The minimum absolute atomic E-state index is 0.0884. The molecule has 0 saturated carbocycles. The zero-order valence-corrected chi connectivity index (χ0v) is 17.3. The molecule has 12 nitrogen and oxygen atoms in total. The topological polar surface area (TPSA) is 157 Å². The quantitative estimate of drug-likeness (QED) is 0.270. The number of benzene rings is 1. The maximum Gasteiger partial charge on any atom is 0.348 e. The van der Waals surface area contributed by atoms with Gasteiger partial charge in [0.25, 0.3) is 5.91 Å². The first-order valence-corrected chi connectivity index (χ1v) is 9.75. The van der Waals surface area contributed by atoms with Crippen LogP contribution in [0.5, 0.6) is 0 Å². The van der Waals surface area contributed by atoms with E-state index in [1.807, 2.05) is 0 Å². The summed E-state index contributed by atoms with van der Waals surface area (Å²) in [5.74, 6) is -0.382. The smallest absolute Gasteiger partial charge is 0.348 e. The summed E-state index contributed by atoms with van der Waals surface area (Å²) in [6.07, 6.45) is 0. The summed E-state index contributed by atoms with van der Waals surface area (Å²) in [7, 11) is 0. The van der Waals surface area contributed by atoms with Crippen LogP contribution >= 0.6 is 0 Å². The summed E-state index contributed by atoms with van der Waals surface area (Å²) < 4.78 is 16.9. The van der Waals surface area contributed by atoms with Crippen LogP contribution in [0.3, 0.4) is 0 Å². The third-order valence-corrected chi connectivity index (χ3v) is 3.97. The average molecular weight is 437 g/mol. The second kappa shape index (κ2) is 13.2. The van der Waals surface area contributed by atoms with E-state index in [1.54, 1.807) is 0 Å². The summed E-state index contributed by atoms with van der Waals surface area (Å²) in [4.78, 5) is 45.9. The Kier molecular flexibility index (Phi) is 10.2. The molecule has 0 saturated heterocycles. The molecule has 31 heavy (non-hydrogen) atoms. The van der Waals surface area contributed by atoms with E-state index in [1.165, 1.54) is 31.2 Å².